The second kappa shape index (κ2) is 5.49. The first-order chi connectivity index (χ1) is 8.63. The number of rotatable bonds is 5. The topological polar surface area (TPSA) is 73.3 Å². The molecule has 2 rings (SSSR count). The van der Waals surface area contributed by atoms with E-state index in [9.17, 15) is 5.11 Å². The fourth-order valence-corrected chi connectivity index (χ4v) is 1.95. The summed E-state index contributed by atoms with van der Waals surface area (Å²) in [6.45, 7) is 4.97. The van der Waals surface area contributed by atoms with Gasteiger partial charge in [-0.15, -0.1) is 0 Å². The van der Waals surface area contributed by atoms with Crippen LogP contribution in [0.4, 0.5) is 11.6 Å². The number of aromatic nitrogens is 2. The van der Waals surface area contributed by atoms with E-state index >= 15 is 0 Å². The van der Waals surface area contributed by atoms with Crippen molar-refractivity contribution in [3.05, 3.63) is 12.4 Å². The molecule has 0 aliphatic carbocycles. The van der Waals surface area contributed by atoms with Gasteiger partial charge in [0.25, 0.3) is 0 Å². The maximum Gasteiger partial charge on any atom is 0.133 e. The van der Waals surface area contributed by atoms with Crippen LogP contribution in [-0.2, 0) is 0 Å². The Morgan fingerprint density at radius 3 is 3.06 bits per heavy atom. The SMILES string of the molecule is CCN(C)c1cc(NCC2(O)CCNC2)ncn1. The first-order valence-corrected chi connectivity index (χ1v) is 6.33. The van der Waals surface area contributed by atoms with Crippen LogP contribution in [0, 0.1) is 0 Å². The van der Waals surface area contributed by atoms with Crippen molar-refractivity contribution in [1.82, 2.24) is 15.3 Å². The lowest BCUT2D eigenvalue weighted by atomic mass is 10.0. The van der Waals surface area contributed by atoms with E-state index in [0.717, 1.165) is 31.1 Å². The summed E-state index contributed by atoms with van der Waals surface area (Å²) in [7, 11) is 1.99. The molecule has 0 aromatic carbocycles. The lowest BCUT2D eigenvalue weighted by Gasteiger charge is -2.22. The standard InChI is InChI=1S/C12H21N5O/c1-3-17(2)11-6-10(15-9-16-11)14-8-12(18)4-5-13-7-12/h6,9,13,18H,3-5,7-8H2,1-2H3,(H,14,15,16). The summed E-state index contributed by atoms with van der Waals surface area (Å²) in [4.78, 5) is 10.4. The Balaban J connectivity index is 1.97. The van der Waals surface area contributed by atoms with E-state index in [0.29, 0.717) is 13.1 Å². The maximum atomic E-state index is 10.2. The molecule has 0 spiro atoms. The van der Waals surface area contributed by atoms with Gasteiger partial charge in [0.05, 0.1) is 5.60 Å². The minimum Gasteiger partial charge on any atom is -0.387 e. The molecular formula is C12H21N5O. The smallest absolute Gasteiger partial charge is 0.133 e. The Morgan fingerprint density at radius 2 is 2.39 bits per heavy atom. The van der Waals surface area contributed by atoms with Gasteiger partial charge in [-0.2, -0.15) is 0 Å². The number of aliphatic hydroxyl groups is 1. The average Bonchev–Trinajstić information content (AvgIpc) is 2.83. The van der Waals surface area contributed by atoms with Crippen molar-refractivity contribution in [3.8, 4) is 0 Å². The molecule has 0 bridgehead atoms. The van der Waals surface area contributed by atoms with E-state index in [1.54, 1.807) is 6.33 Å². The molecule has 0 saturated carbocycles. The first-order valence-electron chi connectivity index (χ1n) is 6.33. The number of hydrogen-bond donors (Lipinski definition) is 3. The van der Waals surface area contributed by atoms with Crippen LogP contribution < -0.4 is 15.5 Å². The van der Waals surface area contributed by atoms with Crippen molar-refractivity contribution in [1.29, 1.82) is 0 Å². The van der Waals surface area contributed by atoms with Crippen molar-refractivity contribution >= 4 is 11.6 Å². The maximum absolute atomic E-state index is 10.2. The fourth-order valence-electron chi connectivity index (χ4n) is 1.95. The van der Waals surface area contributed by atoms with E-state index in [1.165, 1.54) is 0 Å². The lowest BCUT2D eigenvalue weighted by Crippen LogP contribution is -2.39. The Morgan fingerprint density at radius 1 is 1.56 bits per heavy atom. The van der Waals surface area contributed by atoms with Gasteiger partial charge in [0.15, 0.2) is 0 Å². The Bertz CT molecular complexity index is 392. The summed E-state index contributed by atoms with van der Waals surface area (Å²) < 4.78 is 0. The molecule has 1 aromatic rings. The van der Waals surface area contributed by atoms with Crippen LogP contribution in [0.15, 0.2) is 12.4 Å². The largest absolute Gasteiger partial charge is 0.387 e. The highest BCUT2D eigenvalue weighted by Crippen LogP contribution is 2.17. The van der Waals surface area contributed by atoms with Crippen LogP contribution >= 0.6 is 0 Å². The zero-order valence-electron chi connectivity index (χ0n) is 11.0. The second-order valence-corrected chi connectivity index (χ2v) is 4.78. The van der Waals surface area contributed by atoms with Gasteiger partial charge in [0.1, 0.15) is 18.0 Å². The predicted molar refractivity (Wildman–Crippen MR) is 71.9 cm³/mol. The van der Waals surface area contributed by atoms with Gasteiger partial charge in [0, 0.05) is 32.7 Å². The molecule has 1 atom stereocenters. The van der Waals surface area contributed by atoms with Crippen molar-refractivity contribution in [2.75, 3.05) is 43.4 Å². The highest BCUT2D eigenvalue weighted by Gasteiger charge is 2.30. The van der Waals surface area contributed by atoms with E-state index in [-0.39, 0.29) is 0 Å². The third-order valence-corrected chi connectivity index (χ3v) is 3.34. The molecule has 1 aliphatic heterocycles. The normalized spacial score (nSPS) is 23.1. The second-order valence-electron chi connectivity index (χ2n) is 4.78. The molecule has 1 aliphatic rings. The van der Waals surface area contributed by atoms with Gasteiger partial charge < -0.3 is 20.6 Å². The summed E-state index contributed by atoms with van der Waals surface area (Å²) in [5, 5.41) is 16.5. The molecule has 1 fully saturated rings. The zero-order chi connectivity index (χ0) is 13.0. The minimum atomic E-state index is -0.665. The molecule has 0 amide bonds. The van der Waals surface area contributed by atoms with Crippen LogP contribution in [-0.4, -0.2) is 53.9 Å². The van der Waals surface area contributed by atoms with E-state index < -0.39 is 5.60 Å². The fraction of sp³-hybridized carbons (Fsp3) is 0.667. The van der Waals surface area contributed by atoms with Crippen molar-refractivity contribution in [2.45, 2.75) is 18.9 Å². The van der Waals surface area contributed by atoms with Gasteiger partial charge in [-0.25, -0.2) is 9.97 Å². The van der Waals surface area contributed by atoms with Crippen LogP contribution in [0.2, 0.25) is 0 Å². The van der Waals surface area contributed by atoms with Gasteiger partial charge in [-0.1, -0.05) is 0 Å². The first kappa shape index (κ1) is 13.0. The summed E-state index contributed by atoms with van der Waals surface area (Å²) >= 11 is 0. The monoisotopic (exact) mass is 251 g/mol. The molecule has 6 nitrogen and oxygen atoms in total. The van der Waals surface area contributed by atoms with Gasteiger partial charge in [-0.3, -0.25) is 0 Å². The quantitative estimate of drug-likeness (QED) is 0.688. The third kappa shape index (κ3) is 3.08. The molecule has 6 heteroatoms. The van der Waals surface area contributed by atoms with Gasteiger partial charge in [0.2, 0.25) is 0 Å². The van der Waals surface area contributed by atoms with Crippen LogP contribution in [0.1, 0.15) is 13.3 Å². The zero-order valence-corrected chi connectivity index (χ0v) is 11.0. The molecule has 0 radical (unpaired) electrons. The number of hydrogen-bond acceptors (Lipinski definition) is 6. The van der Waals surface area contributed by atoms with Crippen LogP contribution in [0.3, 0.4) is 0 Å². The van der Waals surface area contributed by atoms with Crippen molar-refractivity contribution < 1.29 is 5.11 Å². The highest BCUT2D eigenvalue weighted by atomic mass is 16.3. The number of β-amino-alcohol motifs (C(OH)–C–C–N with tert-alkyl or cyclic N) is 1. The summed E-state index contributed by atoms with van der Waals surface area (Å²) in [5.41, 5.74) is -0.665. The molecule has 2 heterocycles. The summed E-state index contributed by atoms with van der Waals surface area (Å²) in [6.07, 6.45) is 2.31. The summed E-state index contributed by atoms with van der Waals surface area (Å²) in [6, 6.07) is 1.90. The molecule has 3 N–H and O–H groups in total. The van der Waals surface area contributed by atoms with E-state index in [2.05, 4.69) is 27.5 Å². The Kier molecular flexibility index (Phi) is 3.98. The molecular weight excluding hydrogens is 230 g/mol. The van der Waals surface area contributed by atoms with Crippen molar-refractivity contribution in [2.24, 2.45) is 0 Å². The lowest BCUT2D eigenvalue weighted by molar-refractivity contribution is 0.0751. The third-order valence-electron chi connectivity index (χ3n) is 3.34. The highest BCUT2D eigenvalue weighted by molar-refractivity contribution is 5.47. The molecule has 1 aromatic heterocycles. The Hall–Kier alpha value is -1.40. The number of nitrogens with zero attached hydrogens (tertiary/aromatic N) is 3. The number of anilines is 2. The van der Waals surface area contributed by atoms with Gasteiger partial charge >= 0.3 is 0 Å². The van der Waals surface area contributed by atoms with Crippen LogP contribution in [0.25, 0.3) is 0 Å². The molecule has 100 valence electrons. The van der Waals surface area contributed by atoms with E-state index in [4.69, 9.17) is 0 Å². The molecule has 1 unspecified atom stereocenters. The van der Waals surface area contributed by atoms with Crippen LogP contribution in [0.5, 0.6) is 0 Å². The average molecular weight is 251 g/mol. The number of nitrogens with one attached hydrogen (secondary N) is 2. The minimum absolute atomic E-state index is 0.506. The molecule has 1 saturated heterocycles. The van der Waals surface area contributed by atoms with Crippen molar-refractivity contribution in [3.63, 3.8) is 0 Å². The van der Waals surface area contributed by atoms with E-state index in [1.807, 2.05) is 18.0 Å². The predicted octanol–water partition coefficient (Wildman–Crippen LogP) is 0.0690. The summed E-state index contributed by atoms with van der Waals surface area (Å²) in [5.74, 6) is 1.63. The van der Waals surface area contributed by atoms with Gasteiger partial charge in [-0.05, 0) is 19.9 Å². The molecule has 18 heavy (non-hydrogen) atoms. The Labute approximate surface area is 107 Å².